The molecule has 0 spiro atoms. The molecule has 0 aromatic carbocycles. The fourth-order valence-corrected chi connectivity index (χ4v) is 2.36. The van der Waals surface area contributed by atoms with Crippen molar-refractivity contribution in [3.8, 4) is 11.1 Å². The van der Waals surface area contributed by atoms with Gasteiger partial charge in [0.05, 0.1) is 0 Å². The lowest BCUT2D eigenvalue weighted by Crippen LogP contribution is -2.15. The van der Waals surface area contributed by atoms with Gasteiger partial charge in [0.25, 0.3) is 5.56 Å². The molecule has 3 heterocycles. The van der Waals surface area contributed by atoms with Crippen LogP contribution in [0, 0.1) is 0 Å². The van der Waals surface area contributed by atoms with Crippen LogP contribution in [0.2, 0.25) is 0 Å². The number of fused-ring (bicyclic) bond motifs is 1. The van der Waals surface area contributed by atoms with Crippen LogP contribution in [0.25, 0.3) is 16.6 Å². The van der Waals surface area contributed by atoms with Crippen LogP contribution >= 0.6 is 0 Å². The van der Waals surface area contributed by atoms with Gasteiger partial charge in [-0.1, -0.05) is 6.07 Å². The first-order chi connectivity index (χ1) is 10.1. The second-order valence-electron chi connectivity index (χ2n) is 4.70. The summed E-state index contributed by atoms with van der Waals surface area (Å²) in [6.45, 7) is 1.23. The Labute approximate surface area is 119 Å². The quantitative estimate of drug-likeness (QED) is 0.589. The Balaban J connectivity index is 2.40. The predicted molar refractivity (Wildman–Crippen MR) is 78.5 cm³/mol. The summed E-state index contributed by atoms with van der Waals surface area (Å²) in [6.07, 6.45) is 3.22. The number of carbonyl (C=O) groups excluding carboxylic acids is 2. The predicted octanol–water partition coefficient (Wildman–Crippen LogP) is 2.07. The fraction of sp³-hybridized carbons (Fsp3) is 0.0625. The molecule has 1 N–H and O–H groups in total. The molecule has 21 heavy (non-hydrogen) atoms. The monoisotopic (exact) mass is 280 g/mol. The van der Waals surface area contributed by atoms with Crippen molar-refractivity contribution in [3.63, 3.8) is 0 Å². The van der Waals surface area contributed by atoms with E-state index in [4.69, 9.17) is 0 Å². The van der Waals surface area contributed by atoms with E-state index in [-0.39, 0.29) is 11.3 Å². The van der Waals surface area contributed by atoms with Crippen LogP contribution < -0.4 is 5.56 Å². The number of carbonyl (C=O) groups is 2. The van der Waals surface area contributed by atoms with Crippen LogP contribution in [0.4, 0.5) is 0 Å². The second kappa shape index (κ2) is 4.86. The first kappa shape index (κ1) is 13.1. The Morgan fingerprint density at radius 3 is 2.62 bits per heavy atom. The van der Waals surface area contributed by atoms with Crippen molar-refractivity contribution in [2.75, 3.05) is 0 Å². The van der Waals surface area contributed by atoms with Crippen LogP contribution in [-0.4, -0.2) is 21.0 Å². The number of aromatic amines is 1. The molecule has 3 rings (SSSR count). The number of Topliss-reactive ketones (excluding diaryl/α,β-unsaturated/α-hetero) is 2. The number of hydrogen-bond donors (Lipinski definition) is 1. The number of ketones is 2. The van der Waals surface area contributed by atoms with Crippen molar-refractivity contribution in [3.05, 3.63) is 64.8 Å². The highest BCUT2D eigenvalue weighted by Gasteiger charge is 2.22. The molecule has 0 atom stereocenters. The van der Waals surface area contributed by atoms with Gasteiger partial charge < -0.3 is 9.38 Å². The van der Waals surface area contributed by atoms with Gasteiger partial charge >= 0.3 is 0 Å². The van der Waals surface area contributed by atoms with Crippen LogP contribution in [0.5, 0.6) is 0 Å². The fourth-order valence-electron chi connectivity index (χ4n) is 2.36. The van der Waals surface area contributed by atoms with Gasteiger partial charge in [-0.15, -0.1) is 0 Å². The number of rotatable bonds is 3. The van der Waals surface area contributed by atoms with E-state index in [1.165, 1.54) is 13.1 Å². The van der Waals surface area contributed by atoms with Crippen LogP contribution in [-0.2, 0) is 4.79 Å². The maximum atomic E-state index is 12.2. The van der Waals surface area contributed by atoms with E-state index in [0.29, 0.717) is 11.1 Å². The van der Waals surface area contributed by atoms with Crippen molar-refractivity contribution in [1.29, 1.82) is 0 Å². The molecule has 0 bridgehead atoms. The van der Waals surface area contributed by atoms with Crippen LogP contribution in [0.3, 0.4) is 0 Å². The number of hydrogen-bond acceptors (Lipinski definition) is 3. The maximum absolute atomic E-state index is 12.2. The van der Waals surface area contributed by atoms with E-state index < -0.39 is 11.6 Å². The molecule has 0 aliphatic heterocycles. The molecule has 0 unspecified atom stereocenters. The first-order valence-corrected chi connectivity index (χ1v) is 6.43. The smallest absolute Gasteiger partial charge is 0.255 e. The highest BCUT2D eigenvalue weighted by molar-refractivity contribution is 6.43. The molecule has 3 aromatic rings. The Bertz CT molecular complexity index is 918. The summed E-state index contributed by atoms with van der Waals surface area (Å²) in [4.78, 5) is 38.3. The summed E-state index contributed by atoms with van der Waals surface area (Å²) < 4.78 is 1.63. The topological polar surface area (TPSA) is 71.4 Å². The number of nitrogens with zero attached hydrogens (tertiary/aromatic N) is 1. The van der Waals surface area contributed by atoms with Crippen molar-refractivity contribution >= 4 is 17.1 Å². The molecule has 5 nitrogen and oxygen atoms in total. The van der Waals surface area contributed by atoms with E-state index in [9.17, 15) is 14.4 Å². The lowest BCUT2D eigenvalue weighted by atomic mass is 10.0. The number of pyridine rings is 2. The highest BCUT2D eigenvalue weighted by atomic mass is 16.2. The molecular formula is C16H12N2O3. The first-order valence-electron chi connectivity index (χ1n) is 6.43. The summed E-state index contributed by atoms with van der Waals surface area (Å²) in [5, 5.41) is 0. The van der Waals surface area contributed by atoms with Gasteiger partial charge in [0.2, 0.25) is 11.6 Å². The molecule has 0 saturated carbocycles. The summed E-state index contributed by atoms with van der Waals surface area (Å²) >= 11 is 0. The SMILES string of the molecule is CC(=O)C(=O)c1c(-c2ccc[nH]c2=O)cc2ccccn12. The third kappa shape index (κ3) is 2.08. The van der Waals surface area contributed by atoms with Crippen molar-refractivity contribution in [1.82, 2.24) is 9.38 Å². The molecule has 5 heteroatoms. The average molecular weight is 280 g/mol. The summed E-state index contributed by atoms with van der Waals surface area (Å²) in [5.74, 6) is -1.17. The molecule has 0 amide bonds. The maximum Gasteiger partial charge on any atom is 0.255 e. The summed E-state index contributed by atoms with van der Waals surface area (Å²) in [7, 11) is 0. The lowest BCUT2D eigenvalue weighted by Gasteiger charge is -2.03. The Morgan fingerprint density at radius 2 is 1.90 bits per heavy atom. The summed E-state index contributed by atoms with van der Waals surface area (Å²) in [6, 6.07) is 10.5. The zero-order valence-electron chi connectivity index (χ0n) is 11.3. The minimum atomic E-state index is -0.612. The molecular weight excluding hydrogens is 268 g/mol. The van der Waals surface area contributed by atoms with E-state index >= 15 is 0 Å². The van der Waals surface area contributed by atoms with Crippen LogP contribution in [0.15, 0.2) is 53.6 Å². The number of nitrogens with one attached hydrogen (secondary N) is 1. The van der Waals surface area contributed by atoms with Gasteiger partial charge in [-0.05, 0) is 30.3 Å². The van der Waals surface area contributed by atoms with Crippen molar-refractivity contribution in [2.45, 2.75) is 6.92 Å². The molecule has 104 valence electrons. The van der Waals surface area contributed by atoms with E-state index in [0.717, 1.165) is 5.52 Å². The zero-order chi connectivity index (χ0) is 15.0. The second-order valence-corrected chi connectivity index (χ2v) is 4.70. The molecule has 0 aliphatic carbocycles. The Kier molecular flexibility index (Phi) is 3.02. The van der Waals surface area contributed by atoms with Gasteiger partial charge in [0.1, 0.15) is 5.69 Å². The largest absolute Gasteiger partial charge is 0.329 e. The highest BCUT2D eigenvalue weighted by Crippen LogP contribution is 2.26. The van der Waals surface area contributed by atoms with Gasteiger partial charge in [-0.25, -0.2) is 0 Å². The molecule has 3 aromatic heterocycles. The molecule has 0 radical (unpaired) electrons. The minimum absolute atomic E-state index is 0.217. The molecule has 0 saturated heterocycles. The minimum Gasteiger partial charge on any atom is -0.329 e. The Hall–Kier alpha value is -2.95. The third-order valence-electron chi connectivity index (χ3n) is 3.32. The lowest BCUT2D eigenvalue weighted by molar-refractivity contribution is -0.113. The third-order valence-corrected chi connectivity index (χ3v) is 3.32. The van der Waals surface area contributed by atoms with Crippen LogP contribution in [0.1, 0.15) is 17.4 Å². The average Bonchev–Trinajstić information content (AvgIpc) is 2.85. The zero-order valence-corrected chi connectivity index (χ0v) is 11.3. The number of H-pyrrole nitrogens is 1. The number of aromatic nitrogens is 2. The summed E-state index contributed by atoms with van der Waals surface area (Å²) in [5.41, 5.74) is 1.50. The van der Waals surface area contributed by atoms with Gasteiger partial charge in [0.15, 0.2) is 0 Å². The van der Waals surface area contributed by atoms with E-state index in [1.807, 2.05) is 12.1 Å². The van der Waals surface area contributed by atoms with Gasteiger partial charge in [0, 0.05) is 36.0 Å². The van der Waals surface area contributed by atoms with Crippen molar-refractivity contribution in [2.24, 2.45) is 0 Å². The normalized spacial score (nSPS) is 10.7. The van der Waals surface area contributed by atoms with Crippen molar-refractivity contribution < 1.29 is 9.59 Å². The van der Waals surface area contributed by atoms with Gasteiger partial charge in [-0.2, -0.15) is 0 Å². The standard InChI is InChI=1S/C16H12N2O3/c1-10(19)15(20)14-13(12-6-4-7-17-16(12)21)9-11-5-2-3-8-18(11)14/h2-9H,1H3,(H,17,21). The van der Waals surface area contributed by atoms with E-state index in [1.54, 1.807) is 34.9 Å². The van der Waals surface area contributed by atoms with E-state index in [2.05, 4.69) is 4.98 Å². The van der Waals surface area contributed by atoms with Gasteiger partial charge in [-0.3, -0.25) is 14.4 Å². The molecule has 0 aliphatic rings. The molecule has 0 fully saturated rings. The Morgan fingerprint density at radius 1 is 1.10 bits per heavy atom.